The SMILES string of the molecule is Nc1ccc(-c2ccc(N)cc2)cc1.O=P(O)(O)OP(=O)(O)O. The molecule has 0 amide bonds. The van der Waals surface area contributed by atoms with Gasteiger partial charge in [-0.15, -0.1) is 0 Å². The van der Waals surface area contributed by atoms with E-state index in [-0.39, 0.29) is 0 Å². The molecule has 11 heteroatoms. The van der Waals surface area contributed by atoms with Gasteiger partial charge in [0.25, 0.3) is 0 Å². The molecule has 0 saturated carbocycles. The molecule has 0 radical (unpaired) electrons. The summed E-state index contributed by atoms with van der Waals surface area (Å²) in [5.41, 5.74) is 15.1. The van der Waals surface area contributed by atoms with Crippen LogP contribution in [0.5, 0.6) is 0 Å². The van der Waals surface area contributed by atoms with E-state index in [0.717, 1.165) is 22.5 Å². The Kier molecular flexibility index (Phi) is 6.49. The van der Waals surface area contributed by atoms with Crippen molar-refractivity contribution < 1.29 is 33.0 Å². The summed E-state index contributed by atoms with van der Waals surface area (Å²) in [5.74, 6) is 0. The minimum atomic E-state index is -5.05. The lowest BCUT2D eigenvalue weighted by molar-refractivity contribution is 0.225. The van der Waals surface area contributed by atoms with Crippen molar-refractivity contribution in [1.82, 2.24) is 0 Å². The summed E-state index contributed by atoms with van der Waals surface area (Å²) in [5, 5.41) is 0. The number of hydrogen-bond acceptors (Lipinski definition) is 5. The summed E-state index contributed by atoms with van der Waals surface area (Å²) in [7, 11) is -10.1. The smallest absolute Gasteiger partial charge is 0.399 e. The number of rotatable bonds is 3. The average molecular weight is 362 g/mol. The largest absolute Gasteiger partial charge is 0.478 e. The van der Waals surface area contributed by atoms with Gasteiger partial charge in [-0.25, -0.2) is 9.13 Å². The van der Waals surface area contributed by atoms with Gasteiger partial charge < -0.3 is 31.0 Å². The predicted molar refractivity (Wildman–Crippen MR) is 85.9 cm³/mol. The van der Waals surface area contributed by atoms with Crippen LogP contribution in [0.15, 0.2) is 48.5 Å². The van der Waals surface area contributed by atoms with Gasteiger partial charge in [-0.05, 0) is 35.4 Å². The Bertz CT molecular complexity index is 659. The highest BCUT2D eigenvalue weighted by molar-refractivity contribution is 7.60. The lowest BCUT2D eigenvalue weighted by atomic mass is 10.1. The summed E-state index contributed by atoms with van der Waals surface area (Å²) in [6, 6.07) is 15.6. The summed E-state index contributed by atoms with van der Waals surface area (Å²) >= 11 is 0. The second-order valence-corrected chi connectivity index (χ2v) is 6.92. The molecular weight excluding hydrogens is 346 g/mol. The second kappa shape index (κ2) is 7.72. The molecule has 2 aromatic rings. The summed E-state index contributed by atoms with van der Waals surface area (Å²) in [4.78, 5) is 31.0. The molecule has 0 heterocycles. The third-order valence-electron chi connectivity index (χ3n) is 2.37. The molecule has 0 fully saturated rings. The quantitative estimate of drug-likeness (QED) is 0.350. The number of nitrogen functional groups attached to an aromatic ring is 2. The molecule has 9 nitrogen and oxygen atoms in total. The normalized spacial score (nSPS) is 11.5. The molecule has 0 aliphatic rings. The molecule has 0 aromatic heterocycles. The highest BCUT2D eigenvalue weighted by Gasteiger charge is 2.27. The maximum Gasteiger partial charge on any atom is 0.478 e. The first-order valence-electron chi connectivity index (χ1n) is 6.00. The molecule has 23 heavy (non-hydrogen) atoms. The fourth-order valence-corrected chi connectivity index (χ4v) is 2.60. The van der Waals surface area contributed by atoms with E-state index >= 15 is 0 Å². The van der Waals surface area contributed by atoms with Crippen LogP contribution in [0.2, 0.25) is 0 Å². The van der Waals surface area contributed by atoms with Gasteiger partial charge in [-0.2, -0.15) is 4.31 Å². The van der Waals surface area contributed by atoms with Crippen molar-refractivity contribution in [2.75, 3.05) is 11.5 Å². The van der Waals surface area contributed by atoms with Gasteiger partial charge in [0.15, 0.2) is 0 Å². The van der Waals surface area contributed by atoms with Crippen molar-refractivity contribution >= 4 is 27.0 Å². The zero-order chi connectivity index (χ0) is 17.7. The van der Waals surface area contributed by atoms with Crippen LogP contribution in [0, 0.1) is 0 Å². The van der Waals surface area contributed by atoms with Crippen LogP contribution in [0.25, 0.3) is 11.1 Å². The first kappa shape index (κ1) is 19.3. The van der Waals surface area contributed by atoms with E-state index in [9.17, 15) is 9.13 Å². The summed E-state index contributed by atoms with van der Waals surface area (Å²) in [6.45, 7) is 0. The van der Waals surface area contributed by atoms with Crippen molar-refractivity contribution in [2.24, 2.45) is 0 Å². The van der Waals surface area contributed by atoms with Crippen molar-refractivity contribution in [1.29, 1.82) is 0 Å². The molecule has 0 atom stereocenters. The molecule has 0 aliphatic heterocycles. The first-order chi connectivity index (χ1) is 10.5. The number of phosphoric acid groups is 2. The van der Waals surface area contributed by atoms with E-state index in [0.29, 0.717) is 0 Å². The minimum absolute atomic E-state index is 0.782. The van der Waals surface area contributed by atoms with Gasteiger partial charge in [0.1, 0.15) is 0 Å². The molecular formula is C12H16N2O7P2. The Balaban J connectivity index is 0.000000257. The van der Waals surface area contributed by atoms with E-state index in [1.165, 1.54) is 0 Å². The van der Waals surface area contributed by atoms with Crippen molar-refractivity contribution in [3.05, 3.63) is 48.5 Å². The van der Waals surface area contributed by atoms with Crippen molar-refractivity contribution in [2.45, 2.75) is 0 Å². The number of hydrogen-bond donors (Lipinski definition) is 6. The predicted octanol–water partition coefficient (Wildman–Crippen LogP) is 1.71. The Hall–Kier alpha value is -1.70. The van der Waals surface area contributed by atoms with Crippen LogP contribution in [0.4, 0.5) is 11.4 Å². The summed E-state index contributed by atoms with van der Waals surface area (Å²) < 4.78 is 22.2. The molecule has 0 spiro atoms. The third kappa shape index (κ3) is 8.49. The Labute approximate surface area is 132 Å². The van der Waals surface area contributed by atoms with Crippen molar-refractivity contribution in [3.63, 3.8) is 0 Å². The Morgan fingerprint density at radius 3 is 1.09 bits per heavy atom. The third-order valence-corrected chi connectivity index (χ3v) is 4.07. The van der Waals surface area contributed by atoms with E-state index in [2.05, 4.69) is 4.31 Å². The molecule has 2 rings (SSSR count). The van der Waals surface area contributed by atoms with Gasteiger partial charge in [0.05, 0.1) is 0 Å². The van der Waals surface area contributed by atoms with Crippen molar-refractivity contribution in [3.8, 4) is 11.1 Å². The Morgan fingerprint density at radius 2 is 0.913 bits per heavy atom. The van der Waals surface area contributed by atoms with Crippen LogP contribution in [-0.2, 0) is 13.4 Å². The van der Waals surface area contributed by atoms with E-state index in [1.807, 2.05) is 48.5 Å². The number of anilines is 2. The van der Waals surface area contributed by atoms with Crippen LogP contribution in [0.3, 0.4) is 0 Å². The van der Waals surface area contributed by atoms with E-state index in [1.54, 1.807) is 0 Å². The summed E-state index contributed by atoms with van der Waals surface area (Å²) in [6.07, 6.45) is 0. The van der Waals surface area contributed by atoms with Crippen LogP contribution in [0.1, 0.15) is 0 Å². The first-order valence-corrected chi connectivity index (χ1v) is 9.06. The molecule has 0 aliphatic carbocycles. The maximum atomic E-state index is 9.63. The van der Waals surface area contributed by atoms with Crippen LogP contribution in [-0.4, -0.2) is 19.6 Å². The Morgan fingerprint density at radius 1 is 0.652 bits per heavy atom. The van der Waals surface area contributed by atoms with Gasteiger partial charge in [0.2, 0.25) is 0 Å². The molecule has 126 valence electrons. The number of benzene rings is 2. The zero-order valence-electron chi connectivity index (χ0n) is 11.7. The van der Waals surface area contributed by atoms with Gasteiger partial charge in [-0.1, -0.05) is 24.3 Å². The topological polar surface area (TPSA) is 176 Å². The zero-order valence-corrected chi connectivity index (χ0v) is 13.5. The molecule has 2 aromatic carbocycles. The van der Waals surface area contributed by atoms with E-state index in [4.69, 9.17) is 31.0 Å². The highest BCUT2D eigenvalue weighted by Crippen LogP contribution is 2.53. The maximum absolute atomic E-state index is 9.63. The fraction of sp³-hybridized carbons (Fsp3) is 0. The molecule has 0 unspecified atom stereocenters. The standard InChI is InChI=1S/C12H12N2.H4O7P2/c13-11-5-1-9(2-6-11)10-3-7-12(14)8-4-10;1-8(2,3)7-9(4,5)6/h1-8H,13-14H2;(H2,1,2,3)(H2,4,5,6). The number of nitrogens with two attached hydrogens (primary N) is 2. The highest BCUT2D eigenvalue weighted by atomic mass is 31.3. The molecule has 0 bridgehead atoms. The molecule has 8 N–H and O–H groups in total. The monoisotopic (exact) mass is 362 g/mol. The van der Waals surface area contributed by atoms with Gasteiger partial charge in [-0.3, -0.25) is 0 Å². The average Bonchev–Trinajstić information content (AvgIpc) is 2.37. The van der Waals surface area contributed by atoms with Crippen LogP contribution >= 0.6 is 15.6 Å². The fourth-order valence-electron chi connectivity index (χ4n) is 1.49. The van der Waals surface area contributed by atoms with E-state index < -0.39 is 15.6 Å². The van der Waals surface area contributed by atoms with Gasteiger partial charge in [0, 0.05) is 11.4 Å². The van der Waals surface area contributed by atoms with Gasteiger partial charge >= 0.3 is 15.6 Å². The lowest BCUT2D eigenvalue weighted by Crippen LogP contribution is -1.85. The second-order valence-electron chi connectivity index (χ2n) is 4.31. The lowest BCUT2D eigenvalue weighted by Gasteiger charge is -2.03. The van der Waals surface area contributed by atoms with Crippen LogP contribution < -0.4 is 11.5 Å². The molecule has 0 saturated heterocycles. The minimum Gasteiger partial charge on any atom is -0.399 e.